The van der Waals surface area contributed by atoms with E-state index < -0.39 is 46.8 Å². The summed E-state index contributed by atoms with van der Waals surface area (Å²) in [6.45, 7) is -3.86. The Morgan fingerprint density at radius 1 is 1.28 bits per heavy atom. The Kier molecular flexibility index (Phi) is 5.06. The van der Waals surface area contributed by atoms with Gasteiger partial charge >= 0.3 is 11.2 Å². The lowest BCUT2D eigenvalue weighted by atomic mass is 10.4. The molecule has 0 aliphatic heterocycles. The molecule has 0 spiro atoms. The highest BCUT2D eigenvalue weighted by Crippen LogP contribution is 2.40. The molecule has 0 fully saturated rings. The summed E-state index contributed by atoms with van der Waals surface area (Å²) < 4.78 is 84.6. The zero-order chi connectivity index (χ0) is 14.8. The smallest absolute Gasteiger partial charge is 0.423 e. The quantitative estimate of drug-likeness (QED) is 0.598. The van der Waals surface area contributed by atoms with Gasteiger partial charge in [-0.05, 0) is 0 Å². The van der Waals surface area contributed by atoms with Crippen LogP contribution in [0.25, 0.3) is 0 Å². The van der Waals surface area contributed by atoms with Crippen LogP contribution < -0.4 is 5.11 Å². The highest BCUT2D eigenvalue weighted by molar-refractivity contribution is 7.90. The number of nitrogens with zero attached hydrogens (tertiary/aromatic N) is 1. The van der Waals surface area contributed by atoms with Crippen LogP contribution in [0.15, 0.2) is 0 Å². The molecule has 0 amide bonds. The summed E-state index contributed by atoms with van der Waals surface area (Å²) in [5.41, 5.74) is 0. The fraction of sp³-hybridized carbons (Fsp3) is 0.857. The number of aliphatic carboxylic acids is 1. The van der Waals surface area contributed by atoms with Crippen LogP contribution in [0, 0.1) is 0 Å². The van der Waals surface area contributed by atoms with E-state index in [0.29, 0.717) is 7.05 Å². The normalized spacial score (nSPS) is 13.9. The lowest BCUT2D eigenvalue weighted by Crippen LogP contribution is -2.54. The number of carbonyl (C=O) groups excluding carboxylic acids is 1. The van der Waals surface area contributed by atoms with Gasteiger partial charge in [0.2, 0.25) is 0 Å². The van der Waals surface area contributed by atoms with Crippen molar-refractivity contribution < 1.29 is 40.3 Å². The molecule has 0 aliphatic carbocycles. The summed E-state index contributed by atoms with van der Waals surface area (Å²) in [5.74, 6) is -7.15. The van der Waals surface area contributed by atoms with Gasteiger partial charge < -0.3 is 9.90 Å². The van der Waals surface area contributed by atoms with Gasteiger partial charge in [0.15, 0.2) is 6.67 Å². The molecule has 0 atom stereocenters. The second-order valence-electron chi connectivity index (χ2n) is 3.30. The maximum absolute atomic E-state index is 13.0. The van der Waals surface area contributed by atoms with Gasteiger partial charge in [-0.25, -0.2) is 12.8 Å². The topological polar surface area (TPSA) is 77.5 Å². The number of halogens is 5. The number of hydrogen-bond acceptors (Lipinski definition) is 4. The van der Waals surface area contributed by atoms with Crippen molar-refractivity contribution in [2.45, 2.75) is 17.6 Å². The van der Waals surface area contributed by atoms with E-state index in [9.17, 15) is 40.3 Å². The van der Waals surface area contributed by atoms with Gasteiger partial charge in [-0.15, -0.1) is 0 Å². The molecule has 0 aromatic rings. The molecule has 18 heavy (non-hydrogen) atoms. The molecule has 0 saturated carbocycles. The van der Waals surface area contributed by atoms with E-state index in [1.54, 1.807) is 0 Å². The Balaban J connectivity index is 5.19. The molecule has 0 heterocycles. The largest absolute Gasteiger partial charge is 0.550 e. The minimum atomic E-state index is -5.89. The van der Waals surface area contributed by atoms with Crippen molar-refractivity contribution in [3.63, 3.8) is 0 Å². The summed E-state index contributed by atoms with van der Waals surface area (Å²) >= 11 is 0. The van der Waals surface area contributed by atoms with Crippen LogP contribution in [0.4, 0.5) is 22.0 Å². The summed E-state index contributed by atoms with van der Waals surface area (Å²) in [6.07, 6.45) is -0.965. The van der Waals surface area contributed by atoms with E-state index in [1.165, 1.54) is 0 Å². The zero-order valence-electron chi connectivity index (χ0n) is 9.00. The number of alkyl halides is 5. The number of hydrogen-bond donors (Lipinski definition) is 0. The van der Waals surface area contributed by atoms with Crippen LogP contribution in [-0.4, -0.2) is 50.1 Å². The van der Waals surface area contributed by atoms with E-state index >= 15 is 0 Å². The summed E-state index contributed by atoms with van der Waals surface area (Å²) in [4.78, 5) is 10.0. The second-order valence-corrected chi connectivity index (χ2v) is 5.39. The van der Waals surface area contributed by atoms with Crippen molar-refractivity contribution in [2.24, 2.45) is 0 Å². The molecule has 0 aromatic heterocycles. The minimum absolute atomic E-state index is 0.285. The first-order valence-corrected chi connectivity index (χ1v) is 5.81. The predicted octanol–water partition coefficient (Wildman–Crippen LogP) is -0.414. The van der Waals surface area contributed by atoms with Gasteiger partial charge in [-0.1, -0.05) is 0 Å². The molecular weight excluding hydrogens is 289 g/mol. The van der Waals surface area contributed by atoms with Crippen LogP contribution in [0.5, 0.6) is 0 Å². The summed E-state index contributed by atoms with van der Waals surface area (Å²) in [7, 11) is -5.41. The predicted molar refractivity (Wildman–Crippen MR) is 47.0 cm³/mol. The van der Waals surface area contributed by atoms with Crippen molar-refractivity contribution >= 4 is 16.0 Å². The fourth-order valence-electron chi connectivity index (χ4n) is 0.831. The van der Waals surface area contributed by atoms with Crippen molar-refractivity contribution in [1.82, 2.24) is 4.31 Å². The monoisotopic (exact) mass is 298 g/mol. The Morgan fingerprint density at radius 3 is 2.06 bits per heavy atom. The number of sulfonamides is 1. The second kappa shape index (κ2) is 5.34. The first kappa shape index (κ1) is 17.0. The zero-order valence-corrected chi connectivity index (χ0v) is 9.82. The van der Waals surface area contributed by atoms with Gasteiger partial charge in [0.25, 0.3) is 10.0 Å². The van der Waals surface area contributed by atoms with Gasteiger partial charge in [0.05, 0.1) is 0 Å². The fourth-order valence-corrected chi connectivity index (χ4v) is 1.99. The standard InChI is InChI=1S/C7H10F5NO4S/c1-13(3-2-5(14)15)18(16,17)7(11,12)6(9,10)4-8/h2-4H2,1H3,(H,14,15)/p-1. The van der Waals surface area contributed by atoms with Crippen molar-refractivity contribution in [3.05, 3.63) is 0 Å². The van der Waals surface area contributed by atoms with Crippen LogP contribution in [0.2, 0.25) is 0 Å². The van der Waals surface area contributed by atoms with Crippen molar-refractivity contribution in [2.75, 3.05) is 20.3 Å². The Morgan fingerprint density at radius 2 is 1.72 bits per heavy atom. The third-order valence-electron chi connectivity index (χ3n) is 1.96. The van der Waals surface area contributed by atoms with Gasteiger partial charge in [0.1, 0.15) is 0 Å². The van der Waals surface area contributed by atoms with E-state index in [1.807, 2.05) is 0 Å². The van der Waals surface area contributed by atoms with Crippen LogP contribution in [-0.2, 0) is 14.8 Å². The highest BCUT2D eigenvalue weighted by atomic mass is 32.2. The minimum Gasteiger partial charge on any atom is -0.550 e. The maximum Gasteiger partial charge on any atom is 0.423 e. The molecule has 108 valence electrons. The third-order valence-corrected chi connectivity index (χ3v) is 3.91. The van der Waals surface area contributed by atoms with Crippen LogP contribution in [0.1, 0.15) is 6.42 Å². The van der Waals surface area contributed by atoms with E-state index in [0.717, 1.165) is 0 Å². The van der Waals surface area contributed by atoms with E-state index in [-0.39, 0.29) is 4.31 Å². The number of carboxylic acid groups (broad SMARTS) is 1. The SMILES string of the molecule is CN(CCC(=O)[O-])S(=O)(=O)C(F)(F)C(F)(F)CF. The molecular formula is C7H9F5NO4S-. The molecule has 0 unspecified atom stereocenters. The molecule has 0 saturated heterocycles. The molecule has 5 nitrogen and oxygen atoms in total. The lowest BCUT2D eigenvalue weighted by molar-refractivity contribution is -0.305. The Bertz CT molecular complexity index is 410. The molecule has 0 aliphatic rings. The first-order valence-electron chi connectivity index (χ1n) is 4.37. The first-order chi connectivity index (χ1) is 7.90. The molecule has 0 radical (unpaired) electrons. The summed E-state index contributed by atoms with van der Waals surface area (Å²) in [5, 5.41) is 4.33. The molecule has 0 rings (SSSR count). The lowest BCUT2D eigenvalue weighted by Gasteiger charge is -2.28. The molecule has 0 bridgehead atoms. The molecule has 0 N–H and O–H groups in total. The maximum atomic E-state index is 13.0. The van der Waals surface area contributed by atoms with Crippen LogP contribution >= 0.6 is 0 Å². The Labute approximate surface area is 99.2 Å². The summed E-state index contributed by atoms with van der Waals surface area (Å²) in [6, 6.07) is 0. The number of rotatable bonds is 7. The van der Waals surface area contributed by atoms with Crippen molar-refractivity contribution in [3.8, 4) is 0 Å². The molecule has 11 heteroatoms. The van der Waals surface area contributed by atoms with E-state index in [2.05, 4.69) is 0 Å². The number of carbonyl (C=O) groups is 1. The van der Waals surface area contributed by atoms with Gasteiger partial charge in [-0.2, -0.15) is 21.9 Å². The van der Waals surface area contributed by atoms with Crippen LogP contribution in [0.3, 0.4) is 0 Å². The average Bonchev–Trinajstić information content (AvgIpc) is 2.24. The average molecular weight is 298 g/mol. The third kappa shape index (κ3) is 3.07. The van der Waals surface area contributed by atoms with E-state index in [4.69, 9.17) is 0 Å². The van der Waals surface area contributed by atoms with Crippen molar-refractivity contribution in [1.29, 1.82) is 0 Å². The Hall–Kier alpha value is -0.970. The molecule has 0 aromatic carbocycles. The van der Waals surface area contributed by atoms with Gasteiger partial charge in [0, 0.05) is 26.0 Å². The van der Waals surface area contributed by atoms with Gasteiger partial charge in [-0.3, -0.25) is 0 Å². The highest BCUT2D eigenvalue weighted by Gasteiger charge is 2.67. The number of carboxylic acids is 1.